The van der Waals surface area contributed by atoms with E-state index in [2.05, 4.69) is 62.3 Å². The zero-order valence-corrected chi connectivity index (χ0v) is 31.7. The SMILES string of the molecule is C=CCOC1C[C@H](n2cc(C#CCOCSSC(C)(C)CNC(=O)C(F)(F)F)c(N=CN(C)C)nc2=O)O[C@@H]1CO[Si](C)(C)C(C)(C)C. The number of ether oxygens (including phenoxy) is 3. The van der Waals surface area contributed by atoms with E-state index in [9.17, 15) is 22.8 Å². The smallest absolute Gasteiger partial charge is 0.414 e. The van der Waals surface area contributed by atoms with Crippen molar-refractivity contribution >= 4 is 48.0 Å². The first kappa shape index (κ1) is 41.8. The van der Waals surface area contributed by atoms with Gasteiger partial charge in [0.1, 0.15) is 24.9 Å². The summed E-state index contributed by atoms with van der Waals surface area (Å²) in [5.41, 5.74) is -0.170. The number of halogens is 3. The first-order valence-electron chi connectivity index (χ1n) is 15.2. The number of hydrogen-bond acceptors (Lipinski definition) is 10. The Kier molecular flexibility index (Phi) is 15.7. The second-order valence-electron chi connectivity index (χ2n) is 13.4. The molecule has 0 aromatic carbocycles. The molecule has 0 spiro atoms. The molecule has 1 N–H and O–H groups in total. The second-order valence-corrected chi connectivity index (χ2v) is 21.1. The Bertz CT molecular complexity index is 1390. The van der Waals surface area contributed by atoms with Crippen molar-refractivity contribution in [3.63, 3.8) is 0 Å². The molecular weight excluding hydrogens is 688 g/mol. The predicted molar refractivity (Wildman–Crippen MR) is 188 cm³/mol. The third-order valence-corrected chi connectivity index (χ3v) is 14.9. The highest BCUT2D eigenvalue weighted by Gasteiger charge is 2.42. The Labute approximate surface area is 290 Å². The lowest BCUT2D eigenvalue weighted by molar-refractivity contribution is -0.173. The van der Waals surface area contributed by atoms with Crippen LogP contribution in [-0.4, -0.2) is 105 Å². The highest BCUT2D eigenvalue weighted by Crippen LogP contribution is 2.38. The van der Waals surface area contributed by atoms with Crippen molar-refractivity contribution in [2.24, 2.45) is 4.99 Å². The van der Waals surface area contributed by atoms with Crippen molar-refractivity contribution in [1.82, 2.24) is 19.8 Å². The number of nitrogens with zero attached hydrogens (tertiary/aromatic N) is 4. The zero-order chi connectivity index (χ0) is 36.3. The van der Waals surface area contributed by atoms with Gasteiger partial charge in [-0.15, -0.1) is 6.58 Å². The van der Waals surface area contributed by atoms with Gasteiger partial charge in [0, 0.05) is 38.0 Å². The molecule has 0 radical (unpaired) electrons. The maximum Gasteiger partial charge on any atom is 0.471 e. The van der Waals surface area contributed by atoms with Gasteiger partial charge in [0.25, 0.3) is 0 Å². The van der Waals surface area contributed by atoms with Crippen molar-refractivity contribution in [1.29, 1.82) is 0 Å². The third kappa shape index (κ3) is 13.5. The van der Waals surface area contributed by atoms with E-state index in [1.165, 1.54) is 32.5 Å². The Balaban J connectivity index is 2.15. The molecule has 2 heterocycles. The summed E-state index contributed by atoms with van der Waals surface area (Å²) in [4.78, 5) is 34.5. The standard InChI is InChI=1S/C31H48F3N5O6S2Si/c1-11-14-43-23-16-25(45-24(23)18-44-48(9,10)29(2,3)4)39-17-22(26(37-28(39)41)36-20-38(7)8)13-12-15-42-21-46-47-30(5,6)19-35-27(40)31(32,33)34/h11,17,20,23-25H,1,14-16,18-19,21H2,2-10H3,(H,35,40)/t23?,24-,25-/m1/s1. The molecule has 1 aliphatic rings. The Morgan fingerprint density at radius 2 is 1.98 bits per heavy atom. The Morgan fingerprint density at radius 3 is 2.58 bits per heavy atom. The zero-order valence-electron chi connectivity index (χ0n) is 29.1. The molecule has 11 nitrogen and oxygen atoms in total. The summed E-state index contributed by atoms with van der Waals surface area (Å²) in [6.07, 6.45) is -1.20. The largest absolute Gasteiger partial charge is 0.471 e. The average molecular weight is 736 g/mol. The fourth-order valence-corrected chi connectivity index (χ4v) is 6.93. The highest BCUT2D eigenvalue weighted by molar-refractivity contribution is 8.77. The average Bonchev–Trinajstić information content (AvgIpc) is 3.38. The molecule has 3 atom stereocenters. The van der Waals surface area contributed by atoms with Crippen LogP contribution in [0.3, 0.4) is 0 Å². The minimum atomic E-state index is -4.93. The summed E-state index contributed by atoms with van der Waals surface area (Å²) >= 11 is 0. The Morgan fingerprint density at radius 1 is 1.29 bits per heavy atom. The van der Waals surface area contributed by atoms with Crippen molar-refractivity contribution in [3.05, 3.63) is 34.9 Å². The van der Waals surface area contributed by atoms with Crippen LogP contribution in [0.25, 0.3) is 0 Å². The number of carbonyl (C=O) groups is 1. The van der Waals surface area contributed by atoms with Gasteiger partial charge in [0.15, 0.2) is 14.1 Å². The number of rotatable bonds is 16. The van der Waals surface area contributed by atoms with Crippen LogP contribution in [0.5, 0.6) is 0 Å². The molecule has 48 heavy (non-hydrogen) atoms. The van der Waals surface area contributed by atoms with Crippen LogP contribution in [-0.2, 0) is 23.4 Å². The van der Waals surface area contributed by atoms with E-state index < -0.39 is 43.2 Å². The van der Waals surface area contributed by atoms with Crippen molar-refractivity contribution in [3.8, 4) is 11.8 Å². The summed E-state index contributed by atoms with van der Waals surface area (Å²) in [5, 5.41) is 1.90. The number of aromatic nitrogens is 2. The van der Waals surface area contributed by atoms with E-state index in [-0.39, 0.29) is 36.1 Å². The number of hydrogen-bond donors (Lipinski definition) is 1. The molecule has 1 saturated heterocycles. The van der Waals surface area contributed by atoms with E-state index in [1.807, 2.05) is 5.32 Å². The monoisotopic (exact) mass is 735 g/mol. The molecule has 1 fully saturated rings. The van der Waals surface area contributed by atoms with E-state index in [1.54, 1.807) is 45.1 Å². The van der Waals surface area contributed by atoms with Gasteiger partial charge in [-0.05, 0) is 32.0 Å². The number of amides is 1. The molecule has 1 aromatic heterocycles. The van der Waals surface area contributed by atoms with Crippen LogP contribution in [0.1, 0.15) is 52.8 Å². The summed E-state index contributed by atoms with van der Waals surface area (Å²) in [7, 11) is 4.05. The lowest BCUT2D eigenvalue weighted by Crippen LogP contribution is -2.44. The van der Waals surface area contributed by atoms with Gasteiger partial charge in [0.05, 0.1) is 31.2 Å². The first-order valence-corrected chi connectivity index (χ1v) is 20.5. The van der Waals surface area contributed by atoms with Gasteiger partial charge < -0.3 is 28.9 Å². The van der Waals surface area contributed by atoms with E-state index in [4.69, 9.17) is 18.6 Å². The van der Waals surface area contributed by atoms with Crippen molar-refractivity contribution in [2.75, 3.05) is 46.4 Å². The van der Waals surface area contributed by atoms with Crippen LogP contribution in [0, 0.1) is 11.8 Å². The fraction of sp³-hybridized carbons (Fsp3) is 0.677. The molecule has 1 aromatic rings. The van der Waals surface area contributed by atoms with Gasteiger partial charge in [0.2, 0.25) is 0 Å². The molecule has 0 aliphatic carbocycles. The lowest BCUT2D eigenvalue weighted by atomic mass is 10.2. The third-order valence-electron chi connectivity index (χ3n) is 7.42. The van der Waals surface area contributed by atoms with Gasteiger partial charge in [-0.2, -0.15) is 18.2 Å². The molecule has 0 saturated carbocycles. The van der Waals surface area contributed by atoms with Crippen LogP contribution in [0.2, 0.25) is 18.1 Å². The fourth-order valence-electron chi connectivity index (χ4n) is 3.78. The summed E-state index contributed by atoms with van der Waals surface area (Å²) in [5.74, 6) is 4.25. The number of nitrogens with one attached hydrogen (secondary N) is 1. The second kappa shape index (κ2) is 18.1. The quantitative estimate of drug-likeness (QED) is 0.0341. The van der Waals surface area contributed by atoms with Crippen LogP contribution < -0.4 is 11.0 Å². The molecule has 270 valence electrons. The molecular formula is C31H48F3N5O6S2Si. The molecule has 1 aliphatic heterocycles. The predicted octanol–water partition coefficient (Wildman–Crippen LogP) is 5.51. The molecule has 0 bridgehead atoms. The molecule has 17 heteroatoms. The minimum Gasteiger partial charge on any atom is -0.414 e. The number of alkyl halides is 3. The van der Waals surface area contributed by atoms with Gasteiger partial charge in [-0.3, -0.25) is 9.36 Å². The molecule has 1 unspecified atom stereocenters. The van der Waals surface area contributed by atoms with Crippen LogP contribution in [0.15, 0.2) is 28.6 Å². The van der Waals surface area contributed by atoms with Gasteiger partial charge in [-0.1, -0.05) is 60.3 Å². The topological polar surface area (TPSA) is 117 Å². The number of aliphatic imine (C=N–C) groups is 1. The molecule has 2 rings (SSSR count). The lowest BCUT2D eigenvalue weighted by Gasteiger charge is -2.37. The van der Waals surface area contributed by atoms with Crippen molar-refractivity contribution < 1.29 is 36.6 Å². The van der Waals surface area contributed by atoms with E-state index in [0.717, 1.165) is 0 Å². The van der Waals surface area contributed by atoms with Crippen molar-refractivity contribution in [2.45, 2.75) is 88.5 Å². The number of carbonyl (C=O) groups excluding carboxylic acids is 1. The first-order chi connectivity index (χ1) is 22.2. The van der Waals surface area contributed by atoms with E-state index in [0.29, 0.717) is 25.2 Å². The summed E-state index contributed by atoms with van der Waals surface area (Å²) in [6.45, 7) is 18.5. The maximum absolute atomic E-state index is 13.2. The van der Waals surface area contributed by atoms with Gasteiger partial charge in [-0.25, -0.2) is 9.79 Å². The maximum atomic E-state index is 13.2. The summed E-state index contributed by atoms with van der Waals surface area (Å²) < 4.78 is 62.4. The van der Waals surface area contributed by atoms with Gasteiger partial charge >= 0.3 is 17.8 Å². The normalized spacial score (nSPS) is 18.9. The molecule has 1 amide bonds. The highest BCUT2D eigenvalue weighted by atomic mass is 33.1. The Hall–Kier alpha value is -2.33. The van der Waals surface area contributed by atoms with E-state index >= 15 is 0 Å². The summed E-state index contributed by atoms with van der Waals surface area (Å²) in [6, 6.07) is 0. The van der Waals surface area contributed by atoms with Crippen LogP contribution in [0.4, 0.5) is 19.0 Å². The minimum absolute atomic E-state index is 0.0103. The van der Waals surface area contributed by atoms with Crippen LogP contribution >= 0.6 is 21.6 Å².